The molecule has 0 aromatic heterocycles. The maximum absolute atomic E-state index is 11.8. The first-order valence-electron chi connectivity index (χ1n) is 6.69. The van der Waals surface area contributed by atoms with E-state index in [1.165, 1.54) is 7.11 Å². The predicted octanol–water partition coefficient (Wildman–Crippen LogP) is 2.19. The van der Waals surface area contributed by atoms with Crippen molar-refractivity contribution in [1.29, 1.82) is 0 Å². The van der Waals surface area contributed by atoms with Gasteiger partial charge in [-0.3, -0.25) is 9.59 Å². The molecule has 1 aromatic carbocycles. The molecule has 1 amide bonds. The fraction of sp³-hybridized carbons (Fsp3) is 0.467. The van der Waals surface area contributed by atoms with Gasteiger partial charge in [-0.1, -0.05) is 13.8 Å². The molecule has 20 heavy (non-hydrogen) atoms. The topological polar surface area (TPSA) is 64.6 Å². The van der Waals surface area contributed by atoms with Crippen LogP contribution in [0.15, 0.2) is 18.2 Å². The van der Waals surface area contributed by atoms with Crippen molar-refractivity contribution in [3.8, 4) is 11.5 Å². The molecule has 0 bridgehead atoms. The van der Waals surface area contributed by atoms with Gasteiger partial charge in [0.2, 0.25) is 0 Å². The minimum absolute atomic E-state index is 0.102. The Morgan fingerprint density at radius 1 is 1.30 bits per heavy atom. The number of carbonyl (C=O) groups excluding carboxylic acids is 2. The van der Waals surface area contributed by atoms with Crippen LogP contribution in [0.1, 0.15) is 37.0 Å². The van der Waals surface area contributed by atoms with E-state index in [1.807, 2.05) is 13.8 Å². The summed E-state index contributed by atoms with van der Waals surface area (Å²) in [5.74, 6) is 0.694. The minimum Gasteiger partial charge on any atom is -0.493 e. The van der Waals surface area contributed by atoms with Gasteiger partial charge >= 0.3 is 0 Å². The fourth-order valence-electron chi connectivity index (χ4n) is 1.78. The third-order valence-electron chi connectivity index (χ3n) is 3.03. The Labute approximate surface area is 119 Å². The molecule has 110 valence electrons. The predicted molar refractivity (Wildman–Crippen MR) is 76.4 cm³/mol. The number of methoxy groups -OCH3 is 1. The zero-order chi connectivity index (χ0) is 15.0. The number of rotatable bonds is 8. The first-order chi connectivity index (χ1) is 9.64. The third kappa shape index (κ3) is 4.57. The lowest BCUT2D eigenvalue weighted by atomic mass is 10.2. The summed E-state index contributed by atoms with van der Waals surface area (Å²) in [6.07, 6.45) is 2.48. The van der Waals surface area contributed by atoms with Gasteiger partial charge in [-0.05, 0) is 31.0 Å². The van der Waals surface area contributed by atoms with Crippen molar-refractivity contribution in [2.75, 3.05) is 13.7 Å². The summed E-state index contributed by atoms with van der Waals surface area (Å²) in [4.78, 5) is 22.5. The first kappa shape index (κ1) is 16.0. The Morgan fingerprint density at radius 3 is 2.55 bits per heavy atom. The Bertz CT molecular complexity index is 455. The van der Waals surface area contributed by atoms with Crippen molar-refractivity contribution >= 4 is 12.2 Å². The van der Waals surface area contributed by atoms with Gasteiger partial charge in [0.25, 0.3) is 5.91 Å². The van der Waals surface area contributed by atoms with E-state index in [0.717, 1.165) is 19.1 Å². The highest BCUT2D eigenvalue weighted by Crippen LogP contribution is 2.27. The van der Waals surface area contributed by atoms with Gasteiger partial charge in [-0.25, -0.2) is 0 Å². The maximum atomic E-state index is 11.8. The summed E-state index contributed by atoms with van der Waals surface area (Å²) in [5.41, 5.74) is 0.473. The summed E-state index contributed by atoms with van der Waals surface area (Å²) >= 11 is 0. The molecule has 0 heterocycles. The lowest BCUT2D eigenvalue weighted by Gasteiger charge is -2.15. The maximum Gasteiger partial charge on any atom is 0.258 e. The van der Waals surface area contributed by atoms with Crippen LogP contribution in [-0.2, 0) is 4.79 Å². The number of aldehydes is 1. The molecule has 5 nitrogen and oxygen atoms in total. The van der Waals surface area contributed by atoms with Crippen LogP contribution in [0.2, 0.25) is 0 Å². The number of nitrogens with one attached hydrogen (secondary N) is 1. The highest BCUT2D eigenvalue weighted by atomic mass is 16.5. The summed E-state index contributed by atoms with van der Waals surface area (Å²) < 4.78 is 10.6. The molecule has 0 radical (unpaired) electrons. The van der Waals surface area contributed by atoms with Crippen LogP contribution in [0.5, 0.6) is 11.5 Å². The first-order valence-corrected chi connectivity index (χ1v) is 6.69. The summed E-state index contributed by atoms with van der Waals surface area (Å²) in [7, 11) is 1.51. The van der Waals surface area contributed by atoms with Gasteiger partial charge in [0.15, 0.2) is 18.1 Å². The zero-order valence-electron chi connectivity index (χ0n) is 12.1. The van der Waals surface area contributed by atoms with E-state index >= 15 is 0 Å². The molecule has 0 aliphatic heterocycles. The van der Waals surface area contributed by atoms with Crippen molar-refractivity contribution in [1.82, 2.24) is 5.32 Å². The summed E-state index contributed by atoms with van der Waals surface area (Å²) in [6, 6.07) is 4.98. The molecule has 5 heteroatoms. The Balaban J connectivity index is 2.64. The second-order valence-corrected chi connectivity index (χ2v) is 4.40. The van der Waals surface area contributed by atoms with E-state index in [-0.39, 0.29) is 18.6 Å². The van der Waals surface area contributed by atoms with Crippen LogP contribution in [0, 0.1) is 0 Å². The van der Waals surface area contributed by atoms with Crippen molar-refractivity contribution in [2.24, 2.45) is 0 Å². The Hall–Kier alpha value is -2.04. The average molecular weight is 279 g/mol. The SMILES string of the molecule is CCC(CC)NC(=O)COc1cc(C=O)ccc1OC. The smallest absolute Gasteiger partial charge is 0.258 e. The molecule has 0 saturated heterocycles. The van der Waals surface area contributed by atoms with Gasteiger partial charge in [-0.15, -0.1) is 0 Å². The van der Waals surface area contributed by atoms with Crippen LogP contribution in [0.25, 0.3) is 0 Å². The van der Waals surface area contributed by atoms with Crippen LogP contribution >= 0.6 is 0 Å². The number of carbonyl (C=O) groups is 2. The van der Waals surface area contributed by atoms with E-state index in [2.05, 4.69) is 5.32 Å². The minimum atomic E-state index is -0.183. The standard InChI is InChI=1S/C15H21NO4/c1-4-12(5-2)16-15(18)10-20-14-8-11(9-17)6-7-13(14)19-3/h6-9,12H,4-5,10H2,1-3H3,(H,16,18). The van der Waals surface area contributed by atoms with Crippen LogP contribution < -0.4 is 14.8 Å². The lowest BCUT2D eigenvalue weighted by Crippen LogP contribution is -2.37. The highest BCUT2D eigenvalue weighted by Gasteiger charge is 2.11. The van der Waals surface area contributed by atoms with E-state index in [0.29, 0.717) is 17.1 Å². The quantitative estimate of drug-likeness (QED) is 0.741. The Kier molecular flexibility index (Phi) is 6.56. The monoisotopic (exact) mass is 279 g/mol. The normalized spacial score (nSPS) is 10.2. The van der Waals surface area contributed by atoms with Gasteiger partial charge in [0.05, 0.1) is 7.11 Å². The zero-order valence-corrected chi connectivity index (χ0v) is 12.1. The van der Waals surface area contributed by atoms with E-state index in [1.54, 1.807) is 18.2 Å². The van der Waals surface area contributed by atoms with E-state index in [4.69, 9.17) is 9.47 Å². The number of hydrogen-bond acceptors (Lipinski definition) is 4. The molecule has 0 aliphatic carbocycles. The molecular weight excluding hydrogens is 258 g/mol. The van der Waals surface area contributed by atoms with E-state index in [9.17, 15) is 9.59 Å². The molecule has 0 unspecified atom stereocenters. The Morgan fingerprint density at radius 2 is 2.00 bits per heavy atom. The summed E-state index contributed by atoms with van der Waals surface area (Å²) in [6.45, 7) is 3.94. The van der Waals surface area contributed by atoms with Gasteiger partial charge < -0.3 is 14.8 Å². The molecule has 1 aromatic rings. The molecule has 0 aliphatic rings. The average Bonchev–Trinajstić information content (AvgIpc) is 2.50. The van der Waals surface area contributed by atoms with Crippen LogP contribution in [-0.4, -0.2) is 32.0 Å². The summed E-state index contributed by atoms with van der Waals surface area (Å²) in [5, 5.41) is 2.88. The fourth-order valence-corrected chi connectivity index (χ4v) is 1.78. The lowest BCUT2D eigenvalue weighted by molar-refractivity contribution is -0.123. The molecule has 1 N–H and O–H groups in total. The van der Waals surface area contributed by atoms with Gasteiger partial charge in [-0.2, -0.15) is 0 Å². The number of amides is 1. The van der Waals surface area contributed by atoms with Gasteiger partial charge in [0.1, 0.15) is 6.29 Å². The molecule has 0 atom stereocenters. The van der Waals surface area contributed by atoms with Gasteiger partial charge in [0, 0.05) is 11.6 Å². The largest absolute Gasteiger partial charge is 0.493 e. The molecule has 1 rings (SSSR count). The number of hydrogen-bond donors (Lipinski definition) is 1. The van der Waals surface area contributed by atoms with Crippen LogP contribution in [0.4, 0.5) is 0 Å². The number of ether oxygens (including phenoxy) is 2. The van der Waals surface area contributed by atoms with Crippen molar-refractivity contribution in [3.63, 3.8) is 0 Å². The third-order valence-corrected chi connectivity index (χ3v) is 3.03. The van der Waals surface area contributed by atoms with Crippen LogP contribution in [0.3, 0.4) is 0 Å². The van der Waals surface area contributed by atoms with Crippen molar-refractivity contribution in [2.45, 2.75) is 32.7 Å². The van der Waals surface area contributed by atoms with Crippen molar-refractivity contribution in [3.05, 3.63) is 23.8 Å². The molecule has 0 fully saturated rings. The molecular formula is C15H21NO4. The molecule has 0 spiro atoms. The second-order valence-electron chi connectivity index (χ2n) is 4.40. The second kappa shape index (κ2) is 8.19. The number of benzene rings is 1. The highest BCUT2D eigenvalue weighted by molar-refractivity contribution is 5.78. The van der Waals surface area contributed by atoms with Crippen molar-refractivity contribution < 1.29 is 19.1 Å². The molecule has 0 saturated carbocycles. The van der Waals surface area contributed by atoms with E-state index < -0.39 is 0 Å².